The standard InChI is InChI=1S/C14H17BrClNO/c1-9-3-2-4-10(9)8-17-14(18)12-6-5-11(16)7-13(12)15/h5-7,9-10H,2-4,8H2,1H3,(H,17,18). The summed E-state index contributed by atoms with van der Waals surface area (Å²) in [5.74, 6) is 1.32. The maximum Gasteiger partial charge on any atom is 0.252 e. The lowest BCUT2D eigenvalue weighted by molar-refractivity contribution is 0.0944. The summed E-state index contributed by atoms with van der Waals surface area (Å²) in [4.78, 5) is 12.1. The molecular weight excluding hydrogens is 314 g/mol. The zero-order valence-corrected chi connectivity index (χ0v) is 12.7. The summed E-state index contributed by atoms with van der Waals surface area (Å²) in [7, 11) is 0. The molecule has 2 unspecified atom stereocenters. The van der Waals surface area contributed by atoms with E-state index in [-0.39, 0.29) is 5.91 Å². The van der Waals surface area contributed by atoms with E-state index in [0.29, 0.717) is 16.5 Å². The maximum atomic E-state index is 12.1. The fraction of sp³-hybridized carbons (Fsp3) is 0.500. The molecule has 0 radical (unpaired) electrons. The van der Waals surface area contributed by atoms with E-state index in [1.807, 2.05) is 0 Å². The second-order valence-corrected chi connectivity index (χ2v) is 6.29. The van der Waals surface area contributed by atoms with Crippen LogP contribution in [-0.2, 0) is 0 Å². The number of hydrogen-bond donors (Lipinski definition) is 1. The third-order valence-electron chi connectivity index (χ3n) is 3.74. The second kappa shape index (κ2) is 6.07. The lowest BCUT2D eigenvalue weighted by Gasteiger charge is -2.16. The highest BCUT2D eigenvalue weighted by molar-refractivity contribution is 9.10. The molecule has 0 heterocycles. The van der Waals surface area contributed by atoms with Gasteiger partial charge in [-0.15, -0.1) is 0 Å². The Kier molecular flexibility index (Phi) is 4.68. The van der Waals surface area contributed by atoms with Crippen molar-refractivity contribution in [1.82, 2.24) is 5.32 Å². The SMILES string of the molecule is CC1CCCC1CNC(=O)c1ccc(Cl)cc1Br. The summed E-state index contributed by atoms with van der Waals surface area (Å²) in [5, 5.41) is 3.65. The van der Waals surface area contributed by atoms with Crippen molar-refractivity contribution in [1.29, 1.82) is 0 Å². The Morgan fingerprint density at radius 3 is 2.89 bits per heavy atom. The zero-order chi connectivity index (χ0) is 13.1. The van der Waals surface area contributed by atoms with E-state index in [0.717, 1.165) is 16.9 Å². The van der Waals surface area contributed by atoms with Crippen LogP contribution in [-0.4, -0.2) is 12.5 Å². The Morgan fingerprint density at radius 1 is 1.50 bits per heavy atom. The van der Waals surface area contributed by atoms with Gasteiger partial charge in [-0.3, -0.25) is 4.79 Å². The van der Waals surface area contributed by atoms with Crippen molar-refractivity contribution in [2.45, 2.75) is 26.2 Å². The average Bonchev–Trinajstić information content (AvgIpc) is 2.72. The third kappa shape index (κ3) is 3.27. The number of benzene rings is 1. The van der Waals surface area contributed by atoms with E-state index in [4.69, 9.17) is 11.6 Å². The Labute approximate surface area is 121 Å². The summed E-state index contributed by atoms with van der Waals surface area (Å²) in [5.41, 5.74) is 0.644. The Hall–Kier alpha value is -0.540. The fourth-order valence-corrected chi connectivity index (χ4v) is 3.38. The molecule has 0 aromatic heterocycles. The average molecular weight is 331 g/mol. The first-order valence-electron chi connectivity index (χ1n) is 6.31. The molecule has 18 heavy (non-hydrogen) atoms. The molecule has 1 N–H and O–H groups in total. The second-order valence-electron chi connectivity index (χ2n) is 5.00. The van der Waals surface area contributed by atoms with Crippen LogP contribution in [0.5, 0.6) is 0 Å². The molecule has 0 bridgehead atoms. The molecule has 2 atom stereocenters. The number of carbonyl (C=O) groups excluding carboxylic acids is 1. The zero-order valence-electron chi connectivity index (χ0n) is 10.4. The minimum absolute atomic E-state index is 0.0300. The van der Waals surface area contributed by atoms with Gasteiger partial charge in [0.05, 0.1) is 5.56 Å². The highest BCUT2D eigenvalue weighted by Gasteiger charge is 2.23. The molecule has 98 valence electrons. The molecule has 1 aromatic rings. The summed E-state index contributed by atoms with van der Waals surface area (Å²) >= 11 is 9.23. The van der Waals surface area contributed by atoms with Gasteiger partial charge in [0.25, 0.3) is 5.91 Å². The monoisotopic (exact) mass is 329 g/mol. The molecule has 1 amide bonds. The predicted octanol–water partition coefficient (Wildman–Crippen LogP) is 4.27. The first-order valence-corrected chi connectivity index (χ1v) is 7.48. The van der Waals surface area contributed by atoms with Crippen LogP contribution in [0.1, 0.15) is 36.5 Å². The maximum absolute atomic E-state index is 12.1. The summed E-state index contributed by atoms with van der Waals surface area (Å²) < 4.78 is 0.743. The Morgan fingerprint density at radius 2 is 2.28 bits per heavy atom. The van der Waals surface area contributed by atoms with Crippen LogP contribution in [0.4, 0.5) is 0 Å². The van der Waals surface area contributed by atoms with Gasteiger partial charge < -0.3 is 5.32 Å². The molecule has 0 saturated heterocycles. The van der Waals surface area contributed by atoms with Crippen LogP contribution in [0.2, 0.25) is 5.02 Å². The van der Waals surface area contributed by atoms with Gasteiger partial charge in [-0.05, 0) is 52.4 Å². The van der Waals surface area contributed by atoms with Crippen molar-refractivity contribution < 1.29 is 4.79 Å². The highest BCUT2D eigenvalue weighted by atomic mass is 79.9. The van der Waals surface area contributed by atoms with Crippen molar-refractivity contribution in [3.63, 3.8) is 0 Å². The van der Waals surface area contributed by atoms with Crippen LogP contribution in [0.25, 0.3) is 0 Å². The molecule has 4 heteroatoms. The van der Waals surface area contributed by atoms with Crippen molar-refractivity contribution in [3.8, 4) is 0 Å². The minimum Gasteiger partial charge on any atom is -0.352 e. The van der Waals surface area contributed by atoms with Crippen LogP contribution < -0.4 is 5.32 Å². The number of halogens is 2. The number of carbonyl (C=O) groups is 1. The van der Waals surface area contributed by atoms with E-state index in [1.165, 1.54) is 19.3 Å². The topological polar surface area (TPSA) is 29.1 Å². The van der Waals surface area contributed by atoms with E-state index >= 15 is 0 Å². The normalized spacial score (nSPS) is 23.1. The smallest absolute Gasteiger partial charge is 0.252 e. The van der Waals surface area contributed by atoms with E-state index < -0.39 is 0 Å². The molecule has 1 fully saturated rings. The molecule has 1 aromatic carbocycles. The van der Waals surface area contributed by atoms with Gasteiger partial charge in [-0.25, -0.2) is 0 Å². The highest BCUT2D eigenvalue weighted by Crippen LogP contribution is 2.30. The van der Waals surface area contributed by atoms with Gasteiger partial charge >= 0.3 is 0 Å². The molecule has 1 aliphatic rings. The lowest BCUT2D eigenvalue weighted by Crippen LogP contribution is -2.30. The van der Waals surface area contributed by atoms with Gasteiger partial charge in [-0.2, -0.15) is 0 Å². The fourth-order valence-electron chi connectivity index (χ4n) is 2.52. The van der Waals surface area contributed by atoms with Crippen LogP contribution >= 0.6 is 27.5 Å². The molecular formula is C14H17BrClNO. The number of hydrogen-bond acceptors (Lipinski definition) is 1. The molecule has 0 spiro atoms. The van der Waals surface area contributed by atoms with Crippen molar-refractivity contribution >= 4 is 33.4 Å². The van der Waals surface area contributed by atoms with E-state index in [2.05, 4.69) is 28.2 Å². The first-order chi connectivity index (χ1) is 8.58. The van der Waals surface area contributed by atoms with Crippen LogP contribution in [0.3, 0.4) is 0 Å². The van der Waals surface area contributed by atoms with Gasteiger partial charge in [0.2, 0.25) is 0 Å². The van der Waals surface area contributed by atoms with E-state index in [1.54, 1.807) is 18.2 Å². The molecule has 1 aliphatic carbocycles. The van der Waals surface area contributed by atoms with Crippen molar-refractivity contribution in [3.05, 3.63) is 33.3 Å². The van der Waals surface area contributed by atoms with Gasteiger partial charge in [0.1, 0.15) is 0 Å². The van der Waals surface area contributed by atoms with Crippen molar-refractivity contribution in [2.24, 2.45) is 11.8 Å². The summed E-state index contributed by atoms with van der Waals surface area (Å²) in [6.07, 6.45) is 3.79. The van der Waals surface area contributed by atoms with Crippen LogP contribution in [0.15, 0.2) is 22.7 Å². The minimum atomic E-state index is -0.0300. The predicted molar refractivity (Wildman–Crippen MR) is 78.0 cm³/mol. The van der Waals surface area contributed by atoms with E-state index in [9.17, 15) is 4.79 Å². The van der Waals surface area contributed by atoms with Gasteiger partial charge in [0, 0.05) is 16.0 Å². The molecule has 0 aliphatic heterocycles. The third-order valence-corrected chi connectivity index (χ3v) is 4.63. The van der Waals surface area contributed by atoms with Crippen molar-refractivity contribution in [2.75, 3.05) is 6.54 Å². The largest absolute Gasteiger partial charge is 0.352 e. The quantitative estimate of drug-likeness (QED) is 0.881. The lowest BCUT2D eigenvalue weighted by atomic mass is 9.98. The Balaban J connectivity index is 1.95. The molecule has 2 nitrogen and oxygen atoms in total. The first kappa shape index (κ1) is 13.9. The molecule has 1 saturated carbocycles. The number of nitrogens with one attached hydrogen (secondary N) is 1. The Bertz CT molecular complexity index is 449. The van der Waals surface area contributed by atoms with Gasteiger partial charge in [-0.1, -0.05) is 31.4 Å². The van der Waals surface area contributed by atoms with Gasteiger partial charge in [0.15, 0.2) is 0 Å². The summed E-state index contributed by atoms with van der Waals surface area (Å²) in [6.45, 7) is 3.04. The van der Waals surface area contributed by atoms with Crippen LogP contribution in [0, 0.1) is 11.8 Å². The number of amides is 1. The summed E-state index contributed by atoms with van der Waals surface area (Å²) in [6, 6.07) is 5.23. The molecule has 2 rings (SSSR count). The number of rotatable bonds is 3.